The summed E-state index contributed by atoms with van der Waals surface area (Å²) in [6.45, 7) is 5.15. The molecule has 0 aromatic heterocycles. The summed E-state index contributed by atoms with van der Waals surface area (Å²) in [5, 5.41) is 2.97. The molecule has 1 fully saturated rings. The Bertz CT molecular complexity index is 375. The van der Waals surface area contributed by atoms with Crippen LogP contribution in [0.4, 0.5) is 5.69 Å². The predicted molar refractivity (Wildman–Crippen MR) is 71.5 cm³/mol. The Morgan fingerprint density at radius 3 is 2.61 bits per heavy atom. The van der Waals surface area contributed by atoms with Crippen LogP contribution in [0.2, 0.25) is 0 Å². The second-order valence-corrected chi connectivity index (χ2v) is 4.43. The SMILES string of the molecule is CC[C@@H](C(=O)Nc1ccccc1)N1CCOCC1. The maximum atomic E-state index is 12.2. The normalized spacial score (nSPS) is 18.3. The molecule has 1 saturated heterocycles. The topological polar surface area (TPSA) is 41.6 Å². The summed E-state index contributed by atoms with van der Waals surface area (Å²) in [7, 11) is 0. The summed E-state index contributed by atoms with van der Waals surface area (Å²) in [5.74, 6) is 0.0746. The minimum atomic E-state index is -0.0610. The quantitative estimate of drug-likeness (QED) is 0.882. The number of nitrogens with one attached hydrogen (secondary N) is 1. The van der Waals surface area contributed by atoms with Crippen molar-refractivity contribution < 1.29 is 9.53 Å². The van der Waals surface area contributed by atoms with Gasteiger partial charge >= 0.3 is 0 Å². The molecular formula is C14H20N2O2. The Morgan fingerprint density at radius 1 is 1.33 bits per heavy atom. The number of benzene rings is 1. The molecular weight excluding hydrogens is 228 g/mol. The maximum absolute atomic E-state index is 12.2. The van der Waals surface area contributed by atoms with Gasteiger partial charge in [0.1, 0.15) is 0 Å². The van der Waals surface area contributed by atoms with Gasteiger partial charge in [-0.3, -0.25) is 9.69 Å². The molecule has 98 valence electrons. The zero-order valence-corrected chi connectivity index (χ0v) is 10.8. The number of morpholine rings is 1. The van der Waals surface area contributed by atoms with Gasteiger partial charge in [0.15, 0.2) is 0 Å². The van der Waals surface area contributed by atoms with E-state index in [1.165, 1.54) is 0 Å². The number of hydrogen-bond donors (Lipinski definition) is 1. The molecule has 4 heteroatoms. The number of amides is 1. The highest BCUT2D eigenvalue weighted by atomic mass is 16.5. The number of carbonyl (C=O) groups excluding carboxylic acids is 1. The first-order valence-corrected chi connectivity index (χ1v) is 6.49. The summed E-state index contributed by atoms with van der Waals surface area (Å²) < 4.78 is 5.32. The summed E-state index contributed by atoms with van der Waals surface area (Å²) in [6, 6.07) is 9.54. The van der Waals surface area contributed by atoms with Gasteiger partial charge in [-0.05, 0) is 18.6 Å². The number of para-hydroxylation sites is 1. The molecule has 1 N–H and O–H groups in total. The zero-order chi connectivity index (χ0) is 12.8. The highest BCUT2D eigenvalue weighted by Crippen LogP contribution is 2.12. The van der Waals surface area contributed by atoms with E-state index in [0.29, 0.717) is 0 Å². The Balaban J connectivity index is 1.96. The number of ether oxygens (including phenoxy) is 1. The van der Waals surface area contributed by atoms with Gasteiger partial charge in [-0.15, -0.1) is 0 Å². The third-order valence-corrected chi connectivity index (χ3v) is 3.22. The van der Waals surface area contributed by atoms with Crippen molar-refractivity contribution in [1.29, 1.82) is 0 Å². The Labute approximate surface area is 108 Å². The average Bonchev–Trinajstić information content (AvgIpc) is 2.42. The molecule has 0 bridgehead atoms. The minimum absolute atomic E-state index is 0.0610. The first kappa shape index (κ1) is 13.1. The van der Waals surface area contributed by atoms with Crippen molar-refractivity contribution in [2.45, 2.75) is 19.4 Å². The van der Waals surface area contributed by atoms with Gasteiger partial charge < -0.3 is 10.1 Å². The molecule has 0 spiro atoms. The molecule has 1 aliphatic heterocycles. The lowest BCUT2D eigenvalue weighted by atomic mass is 10.1. The van der Waals surface area contributed by atoms with Gasteiger partial charge in [0, 0.05) is 18.8 Å². The first-order chi connectivity index (χ1) is 8.81. The zero-order valence-electron chi connectivity index (χ0n) is 10.8. The lowest BCUT2D eigenvalue weighted by molar-refractivity contribution is -0.123. The van der Waals surface area contributed by atoms with Crippen LogP contribution in [-0.2, 0) is 9.53 Å². The van der Waals surface area contributed by atoms with Crippen molar-refractivity contribution in [1.82, 2.24) is 4.90 Å². The maximum Gasteiger partial charge on any atom is 0.241 e. The fourth-order valence-corrected chi connectivity index (χ4v) is 2.25. The van der Waals surface area contributed by atoms with E-state index in [1.54, 1.807) is 0 Å². The van der Waals surface area contributed by atoms with Gasteiger partial charge in [0.25, 0.3) is 0 Å². The minimum Gasteiger partial charge on any atom is -0.379 e. The van der Waals surface area contributed by atoms with E-state index in [2.05, 4.69) is 10.2 Å². The van der Waals surface area contributed by atoms with Crippen molar-refractivity contribution in [2.75, 3.05) is 31.6 Å². The Hall–Kier alpha value is -1.39. The van der Waals surface area contributed by atoms with E-state index in [4.69, 9.17) is 4.74 Å². The van der Waals surface area contributed by atoms with Crippen molar-refractivity contribution >= 4 is 11.6 Å². The van der Waals surface area contributed by atoms with Gasteiger partial charge in [-0.2, -0.15) is 0 Å². The molecule has 0 unspecified atom stereocenters. The second kappa shape index (κ2) is 6.52. The molecule has 0 saturated carbocycles. The molecule has 4 nitrogen and oxygen atoms in total. The Kier molecular flexibility index (Phi) is 4.73. The van der Waals surface area contributed by atoms with Crippen LogP contribution in [0, 0.1) is 0 Å². The standard InChI is InChI=1S/C14H20N2O2/c1-2-13(16-8-10-18-11-9-16)14(17)15-12-6-4-3-5-7-12/h3-7,13H,2,8-11H2,1H3,(H,15,17)/t13-/m0/s1. The highest BCUT2D eigenvalue weighted by Gasteiger charge is 2.25. The fourth-order valence-electron chi connectivity index (χ4n) is 2.25. The summed E-state index contributed by atoms with van der Waals surface area (Å²) >= 11 is 0. The summed E-state index contributed by atoms with van der Waals surface area (Å²) in [5.41, 5.74) is 0.856. The fraction of sp³-hybridized carbons (Fsp3) is 0.500. The molecule has 1 heterocycles. The van der Waals surface area contributed by atoms with E-state index in [1.807, 2.05) is 37.3 Å². The number of nitrogens with zero attached hydrogens (tertiary/aromatic N) is 1. The number of anilines is 1. The van der Waals surface area contributed by atoms with Crippen LogP contribution >= 0.6 is 0 Å². The van der Waals surface area contributed by atoms with Crippen molar-refractivity contribution in [3.63, 3.8) is 0 Å². The van der Waals surface area contributed by atoms with Gasteiger partial charge in [-0.1, -0.05) is 25.1 Å². The molecule has 0 aliphatic carbocycles. The van der Waals surface area contributed by atoms with Crippen LogP contribution in [0.1, 0.15) is 13.3 Å². The smallest absolute Gasteiger partial charge is 0.241 e. The molecule has 18 heavy (non-hydrogen) atoms. The third kappa shape index (κ3) is 3.31. The number of carbonyl (C=O) groups is 1. The predicted octanol–water partition coefficient (Wildman–Crippen LogP) is 1.74. The monoisotopic (exact) mass is 248 g/mol. The second-order valence-electron chi connectivity index (χ2n) is 4.43. The van der Waals surface area contributed by atoms with Gasteiger partial charge in [0.2, 0.25) is 5.91 Å². The summed E-state index contributed by atoms with van der Waals surface area (Å²) in [4.78, 5) is 14.4. The van der Waals surface area contributed by atoms with E-state index in [9.17, 15) is 4.79 Å². The van der Waals surface area contributed by atoms with Crippen LogP contribution in [-0.4, -0.2) is 43.2 Å². The molecule has 1 aromatic carbocycles. The summed E-state index contributed by atoms with van der Waals surface area (Å²) in [6.07, 6.45) is 0.818. The largest absolute Gasteiger partial charge is 0.379 e. The van der Waals surface area contributed by atoms with Crippen molar-refractivity contribution in [2.24, 2.45) is 0 Å². The van der Waals surface area contributed by atoms with Crippen molar-refractivity contribution in [3.8, 4) is 0 Å². The number of hydrogen-bond acceptors (Lipinski definition) is 3. The van der Waals surface area contributed by atoms with Crippen LogP contribution in [0.15, 0.2) is 30.3 Å². The molecule has 1 aliphatic rings. The van der Waals surface area contributed by atoms with Crippen LogP contribution in [0.3, 0.4) is 0 Å². The van der Waals surface area contributed by atoms with E-state index < -0.39 is 0 Å². The molecule has 1 aromatic rings. The molecule has 0 radical (unpaired) electrons. The third-order valence-electron chi connectivity index (χ3n) is 3.22. The molecule has 2 rings (SSSR count). The van der Waals surface area contributed by atoms with Gasteiger partial charge in [-0.25, -0.2) is 0 Å². The highest BCUT2D eigenvalue weighted by molar-refractivity contribution is 5.94. The Morgan fingerprint density at radius 2 is 2.00 bits per heavy atom. The van der Waals surface area contributed by atoms with Gasteiger partial charge in [0.05, 0.1) is 19.3 Å². The van der Waals surface area contributed by atoms with Crippen LogP contribution in [0.5, 0.6) is 0 Å². The average molecular weight is 248 g/mol. The van der Waals surface area contributed by atoms with E-state index in [0.717, 1.165) is 38.4 Å². The lowest BCUT2D eigenvalue weighted by Crippen LogP contribution is -2.48. The van der Waals surface area contributed by atoms with Crippen LogP contribution in [0.25, 0.3) is 0 Å². The first-order valence-electron chi connectivity index (χ1n) is 6.49. The van der Waals surface area contributed by atoms with E-state index >= 15 is 0 Å². The molecule has 1 amide bonds. The molecule has 1 atom stereocenters. The number of rotatable bonds is 4. The lowest BCUT2D eigenvalue weighted by Gasteiger charge is -2.32. The van der Waals surface area contributed by atoms with Crippen molar-refractivity contribution in [3.05, 3.63) is 30.3 Å². The van der Waals surface area contributed by atoms with Crippen LogP contribution < -0.4 is 5.32 Å². The van der Waals surface area contributed by atoms with E-state index in [-0.39, 0.29) is 11.9 Å².